The van der Waals surface area contributed by atoms with Crippen LogP contribution in [0.25, 0.3) is 0 Å². The summed E-state index contributed by atoms with van der Waals surface area (Å²) < 4.78 is 15.6. The Kier molecular flexibility index (Phi) is 6.52. The summed E-state index contributed by atoms with van der Waals surface area (Å²) in [5.41, 5.74) is 2.42. The molecule has 0 bridgehead atoms. The fraction of sp³-hybridized carbons (Fsp3) is 0.182. The molecule has 150 valence electrons. The third kappa shape index (κ3) is 5.16. The van der Waals surface area contributed by atoms with E-state index in [1.165, 1.54) is 7.11 Å². The number of benzene rings is 2. The van der Waals surface area contributed by atoms with Gasteiger partial charge in [-0.3, -0.25) is 4.79 Å². The summed E-state index contributed by atoms with van der Waals surface area (Å²) in [7, 11) is 4.72. The third-order valence-electron chi connectivity index (χ3n) is 4.31. The van der Waals surface area contributed by atoms with Gasteiger partial charge >= 0.3 is 0 Å². The standard InChI is InChI=1S/C22H23N3O4/c1-27-18-8-4-15(5-9-18)13-23-17-7-11-21(24-14-17)25-22(26)16-6-10-19(28-2)20(12-16)29-3/h4-12,14,23H,13H2,1-3H3,(H,24,25,26). The van der Waals surface area contributed by atoms with Crippen molar-refractivity contribution in [2.75, 3.05) is 32.0 Å². The molecule has 1 amide bonds. The fourth-order valence-corrected chi connectivity index (χ4v) is 2.69. The number of anilines is 2. The van der Waals surface area contributed by atoms with E-state index in [0.29, 0.717) is 29.4 Å². The van der Waals surface area contributed by atoms with Gasteiger partial charge in [0.2, 0.25) is 0 Å². The predicted octanol–water partition coefficient (Wildman–Crippen LogP) is 3.97. The molecule has 29 heavy (non-hydrogen) atoms. The number of amides is 1. The third-order valence-corrected chi connectivity index (χ3v) is 4.31. The average Bonchev–Trinajstić information content (AvgIpc) is 2.78. The summed E-state index contributed by atoms with van der Waals surface area (Å²) in [6.45, 7) is 0.656. The monoisotopic (exact) mass is 393 g/mol. The van der Waals surface area contributed by atoms with Crippen molar-refractivity contribution < 1.29 is 19.0 Å². The molecule has 0 aliphatic carbocycles. The Bertz CT molecular complexity index is 957. The zero-order valence-corrected chi connectivity index (χ0v) is 16.6. The van der Waals surface area contributed by atoms with Gasteiger partial charge in [0.05, 0.1) is 33.2 Å². The van der Waals surface area contributed by atoms with Gasteiger partial charge in [-0.25, -0.2) is 4.98 Å². The molecule has 2 aromatic carbocycles. The van der Waals surface area contributed by atoms with Gasteiger partial charge in [-0.2, -0.15) is 0 Å². The number of methoxy groups -OCH3 is 3. The first-order valence-electron chi connectivity index (χ1n) is 8.99. The van der Waals surface area contributed by atoms with Crippen LogP contribution in [-0.2, 0) is 6.54 Å². The lowest BCUT2D eigenvalue weighted by Crippen LogP contribution is -2.13. The van der Waals surface area contributed by atoms with Crippen LogP contribution in [0.4, 0.5) is 11.5 Å². The van der Waals surface area contributed by atoms with Crippen LogP contribution < -0.4 is 24.8 Å². The molecule has 7 heteroatoms. The van der Waals surface area contributed by atoms with Gasteiger partial charge < -0.3 is 24.8 Å². The number of rotatable bonds is 8. The second-order valence-corrected chi connectivity index (χ2v) is 6.16. The average molecular weight is 393 g/mol. The number of carbonyl (C=O) groups excluding carboxylic acids is 1. The van der Waals surface area contributed by atoms with E-state index in [0.717, 1.165) is 17.0 Å². The van der Waals surface area contributed by atoms with E-state index >= 15 is 0 Å². The van der Waals surface area contributed by atoms with Gasteiger partial charge in [0.25, 0.3) is 5.91 Å². The molecule has 1 aromatic heterocycles. The second kappa shape index (κ2) is 9.45. The maximum absolute atomic E-state index is 12.5. The van der Waals surface area contributed by atoms with Crippen molar-refractivity contribution in [1.82, 2.24) is 4.98 Å². The van der Waals surface area contributed by atoms with E-state index < -0.39 is 0 Å². The van der Waals surface area contributed by atoms with Crippen molar-refractivity contribution >= 4 is 17.4 Å². The number of pyridine rings is 1. The lowest BCUT2D eigenvalue weighted by atomic mass is 10.2. The molecule has 0 atom stereocenters. The summed E-state index contributed by atoms with van der Waals surface area (Å²) in [5.74, 6) is 2.06. The fourth-order valence-electron chi connectivity index (χ4n) is 2.69. The van der Waals surface area contributed by atoms with Crippen molar-refractivity contribution in [2.45, 2.75) is 6.54 Å². The quantitative estimate of drug-likeness (QED) is 0.603. The molecule has 0 saturated carbocycles. The first kappa shape index (κ1) is 20.0. The molecule has 0 aliphatic rings. The number of hydrogen-bond donors (Lipinski definition) is 2. The molecule has 0 saturated heterocycles. The van der Waals surface area contributed by atoms with Crippen LogP contribution in [0.15, 0.2) is 60.8 Å². The van der Waals surface area contributed by atoms with Crippen molar-refractivity contribution in [2.24, 2.45) is 0 Å². The SMILES string of the molecule is COc1ccc(CNc2ccc(NC(=O)c3ccc(OC)c(OC)c3)nc2)cc1. The molecule has 0 aliphatic heterocycles. The van der Waals surface area contributed by atoms with Crippen LogP contribution in [-0.4, -0.2) is 32.2 Å². The summed E-state index contributed by atoms with van der Waals surface area (Å²) >= 11 is 0. The normalized spacial score (nSPS) is 10.2. The van der Waals surface area contributed by atoms with Crippen LogP contribution in [0, 0.1) is 0 Å². The van der Waals surface area contributed by atoms with Gasteiger partial charge in [-0.15, -0.1) is 0 Å². The Morgan fingerprint density at radius 3 is 2.28 bits per heavy atom. The Hall–Kier alpha value is -3.74. The molecule has 0 fully saturated rings. The lowest BCUT2D eigenvalue weighted by molar-refractivity contribution is 0.102. The number of aromatic nitrogens is 1. The molecule has 0 radical (unpaired) electrons. The highest BCUT2D eigenvalue weighted by Gasteiger charge is 2.11. The molecule has 1 heterocycles. The first-order valence-corrected chi connectivity index (χ1v) is 8.99. The molecule has 0 spiro atoms. The topological polar surface area (TPSA) is 81.7 Å². The number of carbonyl (C=O) groups is 1. The number of nitrogens with zero attached hydrogens (tertiary/aromatic N) is 1. The first-order chi connectivity index (χ1) is 14.1. The van der Waals surface area contributed by atoms with Gasteiger partial charge in [0, 0.05) is 12.1 Å². The molecule has 7 nitrogen and oxygen atoms in total. The summed E-state index contributed by atoms with van der Waals surface area (Å²) in [4.78, 5) is 16.7. The summed E-state index contributed by atoms with van der Waals surface area (Å²) in [6.07, 6.45) is 1.67. The predicted molar refractivity (Wildman–Crippen MR) is 112 cm³/mol. The number of hydrogen-bond acceptors (Lipinski definition) is 6. The van der Waals surface area contributed by atoms with Crippen molar-refractivity contribution in [3.8, 4) is 17.2 Å². The molecule has 0 unspecified atom stereocenters. The molecule has 3 aromatic rings. The zero-order valence-electron chi connectivity index (χ0n) is 16.6. The van der Waals surface area contributed by atoms with Crippen LogP contribution >= 0.6 is 0 Å². The minimum Gasteiger partial charge on any atom is -0.497 e. The number of ether oxygens (including phenoxy) is 3. The van der Waals surface area contributed by atoms with Crippen LogP contribution in [0.1, 0.15) is 15.9 Å². The Morgan fingerprint density at radius 2 is 1.66 bits per heavy atom. The van der Waals surface area contributed by atoms with E-state index in [1.807, 2.05) is 30.3 Å². The molecule has 2 N–H and O–H groups in total. The van der Waals surface area contributed by atoms with Gasteiger partial charge in [0.1, 0.15) is 11.6 Å². The largest absolute Gasteiger partial charge is 0.497 e. The minimum absolute atomic E-state index is 0.280. The molecule has 3 rings (SSSR count). The van der Waals surface area contributed by atoms with E-state index in [-0.39, 0.29) is 5.91 Å². The van der Waals surface area contributed by atoms with Crippen molar-refractivity contribution in [1.29, 1.82) is 0 Å². The van der Waals surface area contributed by atoms with E-state index in [1.54, 1.807) is 44.7 Å². The lowest BCUT2D eigenvalue weighted by Gasteiger charge is -2.10. The van der Waals surface area contributed by atoms with Gasteiger partial charge in [-0.1, -0.05) is 12.1 Å². The van der Waals surface area contributed by atoms with Crippen LogP contribution in [0.3, 0.4) is 0 Å². The zero-order chi connectivity index (χ0) is 20.6. The van der Waals surface area contributed by atoms with E-state index in [2.05, 4.69) is 15.6 Å². The van der Waals surface area contributed by atoms with Gasteiger partial charge in [-0.05, 0) is 48.0 Å². The smallest absolute Gasteiger partial charge is 0.256 e. The van der Waals surface area contributed by atoms with Crippen molar-refractivity contribution in [3.05, 3.63) is 71.9 Å². The number of nitrogens with one attached hydrogen (secondary N) is 2. The van der Waals surface area contributed by atoms with Gasteiger partial charge in [0.15, 0.2) is 11.5 Å². The highest BCUT2D eigenvalue weighted by molar-refractivity contribution is 6.04. The Balaban J connectivity index is 1.59. The Labute approximate surface area is 169 Å². The van der Waals surface area contributed by atoms with Crippen LogP contribution in [0.5, 0.6) is 17.2 Å². The second-order valence-electron chi connectivity index (χ2n) is 6.16. The molecular formula is C22H23N3O4. The molecular weight excluding hydrogens is 370 g/mol. The minimum atomic E-state index is -0.280. The van der Waals surface area contributed by atoms with Crippen LogP contribution in [0.2, 0.25) is 0 Å². The maximum Gasteiger partial charge on any atom is 0.256 e. The van der Waals surface area contributed by atoms with Crippen molar-refractivity contribution in [3.63, 3.8) is 0 Å². The highest BCUT2D eigenvalue weighted by atomic mass is 16.5. The summed E-state index contributed by atoms with van der Waals surface area (Å²) in [6, 6.07) is 16.4. The van der Waals surface area contributed by atoms with E-state index in [4.69, 9.17) is 14.2 Å². The van der Waals surface area contributed by atoms with E-state index in [9.17, 15) is 4.79 Å². The highest BCUT2D eigenvalue weighted by Crippen LogP contribution is 2.27. The maximum atomic E-state index is 12.5. The Morgan fingerprint density at radius 1 is 0.897 bits per heavy atom. The summed E-state index contributed by atoms with van der Waals surface area (Å²) in [5, 5.41) is 6.06.